The van der Waals surface area contributed by atoms with Gasteiger partial charge in [-0.15, -0.1) is 0 Å². The lowest BCUT2D eigenvalue weighted by Crippen LogP contribution is -2.62. The third-order valence-electron chi connectivity index (χ3n) is 5.66. The summed E-state index contributed by atoms with van der Waals surface area (Å²) in [6, 6.07) is 19.0. The van der Waals surface area contributed by atoms with Crippen LogP contribution in [0.1, 0.15) is 23.6 Å². The molecule has 170 valence electrons. The molecule has 3 aromatic carbocycles. The van der Waals surface area contributed by atoms with E-state index in [1.807, 2.05) is 31.2 Å². The fourth-order valence-corrected chi connectivity index (χ4v) is 4.34. The first-order chi connectivity index (χ1) is 15.8. The van der Waals surface area contributed by atoms with Crippen LogP contribution < -0.4 is 15.5 Å². The van der Waals surface area contributed by atoms with Gasteiger partial charge in [0.25, 0.3) is 11.6 Å². The van der Waals surface area contributed by atoms with Crippen LogP contribution >= 0.6 is 27.5 Å². The predicted octanol–water partition coefficient (Wildman–Crippen LogP) is 5.22. The van der Waals surface area contributed by atoms with Gasteiger partial charge < -0.3 is 15.7 Å². The predicted molar refractivity (Wildman–Crippen MR) is 134 cm³/mol. The summed E-state index contributed by atoms with van der Waals surface area (Å²) in [5, 5.41) is 18.1. The Morgan fingerprint density at radius 2 is 1.76 bits per heavy atom. The van der Waals surface area contributed by atoms with Crippen molar-refractivity contribution in [2.75, 3.05) is 16.8 Å². The zero-order valence-electron chi connectivity index (χ0n) is 17.9. The lowest BCUT2D eigenvalue weighted by atomic mass is 9.94. The van der Waals surface area contributed by atoms with Gasteiger partial charge in [0, 0.05) is 27.3 Å². The SMILES string of the molecule is CCc1ccc(N2C(=O)Nc3ccc(Br)cc3[C@@]2(O)C(=O)NCCc2ccc(Cl)cc2)cc1. The molecular weight excluding hydrogens is 506 g/mol. The Morgan fingerprint density at radius 1 is 1.09 bits per heavy atom. The summed E-state index contributed by atoms with van der Waals surface area (Å²) in [4.78, 5) is 27.7. The van der Waals surface area contributed by atoms with Crippen LogP contribution in [0, 0.1) is 0 Å². The quantitative estimate of drug-likeness (QED) is 0.410. The number of aliphatic hydroxyl groups is 1. The average Bonchev–Trinajstić information content (AvgIpc) is 2.81. The monoisotopic (exact) mass is 527 g/mol. The Hall–Kier alpha value is -2.87. The second-order valence-electron chi connectivity index (χ2n) is 7.78. The van der Waals surface area contributed by atoms with Crippen molar-refractivity contribution in [2.24, 2.45) is 0 Å². The molecule has 3 aromatic rings. The van der Waals surface area contributed by atoms with Gasteiger partial charge in [-0.1, -0.05) is 58.7 Å². The number of nitrogens with one attached hydrogen (secondary N) is 2. The fourth-order valence-electron chi connectivity index (χ4n) is 3.86. The highest BCUT2D eigenvalue weighted by atomic mass is 79.9. The maximum absolute atomic E-state index is 13.5. The third kappa shape index (κ3) is 4.62. The van der Waals surface area contributed by atoms with Crippen LogP contribution in [0.25, 0.3) is 0 Å². The van der Waals surface area contributed by atoms with Gasteiger partial charge in [-0.05, 0) is 66.4 Å². The first kappa shape index (κ1) is 23.3. The lowest BCUT2D eigenvalue weighted by molar-refractivity contribution is -0.140. The highest BCUT2D eigenvalue weighted by Crippen LogP contribution is 2.41. The molecule has 4 rings (SSSR count). The first-order valence-corrected chi connectivity index (χ1v) is 11.8. The molecule has 0 aliphatic carbocycles. The van der Waals surface area contributed by atoms with E-state index >= 15 is 0 Å². The van der Waals surface area contributed by atoms with Crippen LogP contribution in [0.15, 0.2) is 71.2 Å². The van der Waals surface area contributed by atoms with Crippen LogP contribution in [0.4, 0.5) is 16.2 Å². The number of hydrogen-bond donors (Lipinski definition) is 3. The first-order valence-electron chi connectivity index (χ1n) is 10.6. The molecule has 33 heavy (non-hydrogen) atoms. The number of benzene rings is 3. The average molecular weight is 529 g/mol. The van der Waals surface area contributed by atoms with Crippen molar-refractivity contribution in [2.45, 2.75) is 25.5 Å². The van der Waals surface area contributed by atoms with Crippen molar-refractivity contribution >= 4 is 50.8 Å². The molecule has 0 saturated heterocycles. The van der Waals surface area contributed by atoms with Crippen LogP contribution in [0.5, 0.6) is 0 Å². The Morgan fingerprint density at radius 3 is 2.42 bits per heavy atom. The minimum absolute atomic E-state index is 0.274. The lowest BCUT2D eigenvalue weighted by Gasteiger charge is -2.42. The maximum atomic E-state index is 13.5. The number of rotatable bonds is 6. The van der Waals surface area contributed by atoms with E-state index < -0.39 is 17.7 Å². The minimum Gasteiger partial charge on any atom is -0.359 e. The summed E-state index contributed by atoms with van der Waals surface area (Å²) >= 11 is 9.34. The van der Waals surface area contributed by atoms with Crippen molar-refractivity contribution in [1.29, 1.82) is 0 Å². The minimum atomic E-state index is -2.24. The Labute approximate surface area is 205 Å². The molecule has 0 bridgehead atoms. The van der Waals surface area contributed by atoms with Crippen LogP contribution in [-0.4, -0.2) is 23.6 Å². The smallest absolute Gasteiger partial charge is 0.329 e. The van der Waals surface area contributed by atoms with Gasteiger partial charge in [-0.3, -0.25) is 9.69 Å². The molecule has 1 aliphatic heterocycles. The molecule has 3 amide bonds. The summed E-state index contributed by atoms with van der Waals surface area (Å²) in [5.74, 6) is -0.690. The number of fused-ring (bicyclic) bond motifs is 1. The van der Waals surface area contributed by atoms with Crippen molar-refractivity contribution < 1.29 is 14.7 Å². The number of anilines is 2. The largest absolute Gasteiger partial charge is 0.359 e. The topological polar surface area (TPSA) is 81.7 Å². The van der Waals surface area contributed by atoms with Crippen LogP contribution in [0.3, 0.4) is 0 Å². The summed E-state index contributed by atoms with van der Waals surface area (Å²) < 4.78 is 0.672. The number of halogens is 2. The Kier molecular flexibility index (Phi) is 6.74. The highest BCUT2D eigenvalue weighted by molar-refractivity contribution is 9.10. The zero-order chi connectivity index (χ0) is 23.6. The maximum Gasteiger partial charge on any atom is 0.329 e. The second kappa shape index (κ2) is 9.55. The van der Waals surface area contributed by atoms with Gasteiger partial charge in [-0.2, -0.15) is 0 Å². The number of amides is 3. The summed E-state index contributed by atoms with van der Waals surface area (Å²) in [7, 11) is 0. The molecule has 1 atom stereocenters. The van der Waals surface area contributed by atoms with Gasteiger partial charge in [0.2, 0.25) is 0 Å². The van der Waals surface area contributed by atoms with E-state index in [1.54, 1.807) is 42.5 Å². The number of hydrogen-bond acceptors (Lipinski definition) is 3. The van der Waals surface area contributed by atoms with E-state index in [9.17, 15) is 14.7 Å². The molecule has 8 heteroatoms. The summed E-state index contributed by atoms with van der Waals surface area (Å²) in [6.07, 6.45) is 1.37. The van der Waals surface area contributed by atoms with Crippen molar-refractivity contribution in [3.63, 3.8) is 0 Å². The van der Waals surface area contributed by atoms with Gasteiger partial charge in [0.1, 0.15) is 0 Å². The number of carbonyl (C=O) groups excluding carboxylic acids is 2. The number of nitrogens with zero attached hydrogens (tertiary/aromatic N) is 1. The normalized spacial score (nSPS) is 17.3. The standard InChI is InChI=1S/C25H23BrClN3O3/c1-2-16-5-10-20(11-6-16)30-24(32)29-22-12-7-18(26)15-21(22)25(30,33)23(31)28-14-13-17-3-8-19(27)9-4-17/h3-12,15,33H,2,13-14H2,1H3,(H,28,31)(H,29,32)/t25-/m1/s1. The van der Waals surface area contributed by atoms with Crippen molar-refractivity contribution in [1.82, 2.24) is 5.32 Å². The summed E-state index contributed by atoms with van der Waals surface area (Å²) in [6.45, 7) is 2.30. The Bertz CT molecular complexity index is 1180. The highest BCUT2D eigenvalue weighted by Gasteiger charge is 2.52. The van der Waals surface area contributed by atoms with Gasteiger partial charge in [0.15, 0.2) is 0 Å². The summed E-state index contributed by atoms with van der Waals surface area (Å²) in [5.41, 5.74) is 0.888. The molecule has 0 spiro atoms. The van der Waals surface area contributed by atoms with E-state index in [-0.39, 0.29) is 12.1 Å². The molecule has 0 aromatic heterocycles. The van der Waals surface area contributed by atoms with Gasteiger partial charge in [0.05, 0.1) is 5.69 Å². The number of urea groups is 1. The van der Waals surface area contributed by atoms with Gasteiger partial charge >= 0.3 is 6.03 Å². The Balaban J connectivity index is 1.68. The van der Waals surface area contributed by atoms with Crippen molar-refractivity contribution in [3.8, 4) is 0 Å². The molecule has 1 aliphatic rings. The van der Waals surface area contributed by atoms with E-state index in [1.165, 1.54) is 0 Å². The van der Waals surface area contributed by atoms with E-state index in [0.717, 1.165) is 22.4 Å². The molecule has 6 nitrogen and oxygen atoms in total. The molecule has 3 N–H and O–H groups in total. The molecule has 0 fully saturated rings. The van der Waals surface area contributed by atoms with E-state index in [4.69, 9.17) is 11.6 Å². The van der Waals surface area contributed by atoms with E-state index in [2.05, 4.69) is 26.6 Å². The van der Waals surface area contributed by atoms with Crippen LogP contribution in [-0.2, 0) is 23.4 Å². The second-order valence-corrected chi connectivity index (χ2v) is 9.13. The van der Waals surface area contributed by atoms with E-state index in [0.29, 0.717) is 27.3 Å². The fraction of sp³-hybridized carbons (Fsp3) is 0.200. The molecule has 0 unspecified atom stereocenters. The number of carbonyl (C=O) groups is 2. The molecule has 1 heterocycles. The molecular formula is C25H23BrClN3O3. The molecule has 0 saturated carbocycles. The third-order valence-corrected chi connectivity index (χ3v) is 6.40. The van der Waals surface area contributed by atoms with Crippen LogP contribution in [0.2, 0.25) is 5.02 Å². The molecule has 0 radical (unpaired) electrons. The zero-order valence-corrected chi connectivity index (χ0v) is 20.3. The van der Waals surface area contributed by atoms with Gasteiger partial charge in [-0.25, -0.2) is 4.79 Å². The number of aryl methyl sites for hydroxylation is 1. The van der Waals surface area contributed by atoms with Crippen molar-refractivity contribution in [3.05, 3.63) is 92.9 Å².